The van der Waals surface area contributed by atoms with Gasteiger partial charge in [-0.05, 0) is 45.4 Å². The number of amides is 7. The number of ether oxygens (including phenoxy) is 4. The summed E-state index contributed by atoms with van der Waals surface area (Å²) in [7, 11) is -2.36. The summed E-state index contributed by atoms with van der Waals surface area (Å²) < 4.78 is 34.8. The van der Waals surface area contributed by atoms with Crippen molar-refractivity contribution in [3.05, 3.63) is 35.0 Å². The largest absolute Gasteiger partial charge is 0.461 e. The van der Waals surface area contributed by atoms with Crippen LogP contribution in [0.15, 0.2) is 29.5 Å². The van der Waals surface area contributed by atoms with E-state index in [2.05, 4.69) is 16.0 Å². The fourth-order valence-electron chi connectivity index (χ4n) is 5.92. The molecule has 0 bridgehead atoms. The summed E-state index contributed by atoms with van der Waals surface area (Å²) in [6.07, 6.45) is 0.0806. The van der Waals surface area contributed by atoms with Gasteiger partial charge >= 0.3 is 41.7 Å². The molecule has 3 N–H and O–H groups in total. The van der Waals surface area contributed by atoms with Crippen LogP contribution in [-0.4, -0.2) is 127 Å². The molecule has 3 unspecified atom stereocenters. The SMILES string of the molecule is CCN1CCN(C(=O)NC(C(=O)N[C@@H]2C(=O)N3C(C(=O)OC(C)(C)C)=C(COC(C)=O)CS(=O)C23NC=O)c2ccc(OC(C)=O)c(OC(C)=O)c2)C(=O)C1=O. The summed E-state index contributed by atoms with van der Waals surface area (Å²) in [5, 5.41) is 6.96. The normalized spacial score (nSPS) is 21.2. The van der Waals surface area contributed by atoms with Gasteiger partial charge in [0.25, 0.3) is 5.91 Å². The third-order valence-corrected chi connectivity index (χ3v) is 10.1. The molecule has 2 saturated heterocycles. The molecule has 7 amide bonds. The summed E-state index contributed by atoms with van der Waals surface area (Å²) in [4.78, 5) is 128. The number of hydrogen-bond donors (Lipinski definition) is 3. The predicted molar refractivity (Wildman–Crippen MR) is 188 cm³/mol. The minimum Gasteiger partial charge on any atom is -0.461 e. The predicted octanol–water partition coefficient (Wildman–Crippen LogP) is -1.37. The lowest BCUT2D eigenvalue weighted by Crippen LogP contribution is -2.87. The monoisotopic (exact) mass is 804 g/mol. The summed E-state index contributed by atoms with van der Waals surface area (Å²) in [6.45, 7) is 8.72. The number of likely N-dealkylation sites (N-methyl/N-ethyl adjacent to an activating group) is 1. The Hall–Kier alpha value is -6.19. The van der Waals surface area contributed by atoms with Crippen LogP contribution in [0.25, 0.3) is 0 Å². The number of hydrogen-bond acceptors (Lipinski definition) is 15. The number of nitrogens with one attached hydrogen (secondary N) is 3. The minimum atomic E-state index is -2.36. The van der Waals surface area contributed by atoms with Crippen molar-refractivity contribution in [3.63, 3.8) is 0 Å². The van der Waals surface area contributed by atoms with Crippen molar-refractivity contribution in [1.82, 2.24) is 30.7 Å². The zero-order chi connectivity index (χ0) is 41.9. The molecule has 1 aromatic carbocycles. The van der Waals surface area contributed by atoms with Crippen molar-refractivity contribution in [3.8, 4) is 11.5 Å². The minimum absolute atomic E-state index is 0.0237. The van der Waals surface area contributed by atoms with Crippen LogP contribution in [0.3, 0.4) is 0 Å². The van der Waals surface area contributed by atoms with E-state index in [1.807, 2.05) is 0 Å². The first-order valence-electron chi connectivity index (χ1n) is 16.9. The number of carbonyl (C=O) groups excluding carboxylic acids is 10. The number of fused-ring (bicyclic) bond motifs is 1. The molecule has 3 aliphatic rings. The van der Waals surface area contributed by atoms with Crippen LogP contribution in [0, 0.1) is 0 Å². The van der Waals surface area contributed by atoms with Crippen molar-refractivity contribution in [2.24, 2.45) is 0 Å². The molecular formula is C34H40N6O15S. The Morgan fingerprint density at radius 1 is 0.964 bits per heavy atom. The van der Waals surface area contributed by atoms with E-state index in [9.17, 15) is 52.2 Å². The number of nitrogens with zero attached hydrogens (tertiary/aromatic N) is 3. The second-order valence-electron chi connectivity index (χ2n) is 13.4. The molecule has 4 rings (SSSR count). The van der Waals surface area contributed by atoms with E-state index in [4.69, 9.17) is 18.9 Å². The van der Waals surface area contributed by atoms with Gasteiger partial charge in [0.1, 0.15) is 23.9 Å². The van der Waals surface area contributed by atoms with E-state index in [1.54, 1.807) is 6.92 Å². The van der Waals surface area contributed by atoms with Crippen molar-refractivity contribution in [2.45, 2.75) is 71.1 Å². The average molecular weight is 805 g/mol. The van der Waals surface area contributed by atoms with Gasteiger partial charge in [-0.2, -0.15) is 0 Å². The average Bonchev–Trinajstić information content (AvgIpc) is 3.09. The van der Waals surface area contributed by atoms with Gasteiger partial charge in [-0.1, -0.05) is 6.07 Å². The van der Waals surface area contributed by atoms with Gasteiger partial charge in [0.05, 0.1) is 16.6 Å². The topological polar surface area (TPSA) is 270 Å². The fourth-order valence-corrected chi connectivity index (χ4v) is 7.66. The molecule has 0 saturated carbocycles. The van der Waals surface area contributed by atoms with Gasteiger partial charge in [0.2, 0.25) is 17.3 Å². The maximum atomic E-state index is 14.3. The van der Waals surface area contributed by atoms with E-state index in [-0.39, 0.29) is 48.7 Å². The summed E-state index contributed by atoms with van der Waals surface area (Å²) in [6, 6.07) is -1.67. The van der Waals surface area contributed by atoms with Crippen molar-refractivity contribution < 1.29 is 71.1 Å². The van der Waals surface area contributed by atoms with E-state index in [0.29, 0.717) is 9.80 Å². The first-order chi connectivity index (χ1) is 26.2. The van der Waals surface area contributed by atoms with Gasteiger partial charge < -0.3 is 39.8 Å². The lowest BCUT2D eigenvalue weighted by atomic mass is 9.96. The van der Waals surface area contributed by atoms with Crippen molar-refractivity contribution in [1.29, 1.82) is 0 Å². The van der Waals surface area contributed by atoms with E-state index in [0.717, 1.165) is 32.9 Å². The molecule has 3 heterocycles. The molecule has 0 radical (unpaired) electrons. The Morgan fingerprint density at radius 2 is 1.61 bits per heavy atom. The lowest BCUT2D eigenvalue weighted by Gasteiger charge is -2.57. The van der Waals surface area contributed by atoms with E-state index >= 15 is 0 Å². The summed E-state index contributed by atoms with van der Waals surface area (Å²) >= 11 is 0. The molecule has 4 atom stereocenters. The van der Waals surface area contributed by atoms with Gasteiger partial charge in [-0.25, -0.2) is 9.59 Å². The van der Waals surface area contributed by atoms with E-state index in [1.165, 1.54) is 31.7 Å². The molecule has 2 fully saturated rings. The number of benzene rings is 1. The quantitative estimate of drug-likeness (QED) is 0.0723. The Balaban J connectivity index is 1.79. The molecule has 0 spiro atoms. The molecule has 22 heteroatoms. The van der Waals surface area contributed by atoms with Crippen LogP contribution in [0.5, 0.6) is 11.5 Å². The van der Waals surface area contributed by atoms with Crippen LogP contribution in [0.1, 0.15) is 60.1 Å². The second kappa shape index (κ2) is 16.7. The first-order valence-corrected chi connectivity index (χ1v) is 18.2. The number of rotatable bonds is 12. The Labute approximate surface area is 321 Å². The number of piperazine rings is 1. The number of imide groups is 1. The first kappa shape index (κ1) is 42.6. The molecule has 56 heavy (non-hydrogen) atoms. The Morgan fingerprint density at radius 3 is 2.18 bits per heavy atom. The third-order valence-electron chi connectivity index (χ3n) is 8.27. The van der Waals surface area contributed by atoms with Crippen LogP contribution >= 0.6 is 0 Å². The molecule has 0 aromatic heterocycles. The highest BCUT2D eigenvalue weighted by Gasteiger charge is 2.70. The molecular weight excluding hydrogens is 764 g/mol. The van der Waals surface area contributed by atoms with Crippen LogP contribution in [0.2, 0.25) is 0 Å². The molecule has 21 nitrogen and oxygen atoms in total. The van der Waals surface area contributed by atoms with Gasteiger partial charge in [-0.3, -0.25) is 52.4 Å². The zero-order valence-electron chi connectivity index (χ0n) is 31.4. The number of carbonyl (C=O) groups is 10. The highest BCUT2D eigenvalue weighted by Crippen LogP contribution is 2.43. The summed E-state index contributed by atoms with van der Waals surface area (Å²) in [5.41, 5.74) is -1.89. The number of urea groups is 1. The number of esters is 4. The third kappa shape index (κ3) is 8.69. The highest BCUT2D eigenvalue weighted by atomic mass is 32.2. The maximum absolute atomic E-state index is 14.3. The maximum Gasteiger partial charge on any atom is 0.355 e. The molecule has 0 aliphatic carbocycles. The Bertz CT molecular complexity index is 1960. The molecule has 302 valence electrons. The fraction of sp³-hybridized carbons (Fsp3) is 0.471. The van der Waals surface area contributed by atoms with Crippen LogP contribution < -0.4 is 25.4 Å². The summed E-state index contributed by atoms with van der Waals surface area (Å²) in [5.74, 6) is -9.26. The highest BCUT2D eigenvalue weighted by molar-refractivity contribution is 7.86. The second-order valence-corrected chi connectivity index (χ2v) is 15.0. The van der Waals surface area contributed by atoms with Crippen LogP contribution in [-0.2, 0) is 63.4 Å². The zero-order valence-corrected chi connectivity index (χ0v) is 32.2. The van der Waals surface area contributed by atoms with Gasteiger partial charge in [-0.15, -0.1) is 0 Å². The standard InChI is InChI=1S/C34H40N6O15S/c1-8-38-11-12-39(30(48)29(38)47)32(50)36-24(20-9-10-22(53-18(3)43)23(13-20)54-19(4)44)27(45)37-26-28(46)40-25(31(49)55-33(5,6)7)21(14-52-17(2)42)15-56(51)34(26,40)35-16-41/h9-10,13,16,24,26H,8,11-12,14-15H2,1-7H3,(H,35,41)(H,36,50)(H,37,45)/t24?,26-,34?,56?/m1/s1. The van der Waals surface area contributed by atoms with Crippen molar-refractivity contribution >= 4 is 70.7 Å². The van der Waals surface area contributed by atoms with E-state index < -0.39 is 105 Å². The lowest BCUT2D eigenvalue weighted by molar-refractivity contribution is -0.166. The van der Waals surface area contributed by atoms with Crippen molar-refractivity contribution in [2.75, 3.05) is 32.0 Å². The number of β-lactam (4-membered cyclic amide) rings is 1. The smallest absolute Gasteiger partial charge is 0.355 e. The van der Waals surface area contributed by atoms with Gasteiger partial charge in [0, 0.05) is 46.0 Å². The van der Waals surface area contributed by atoms with Crippen LogP contribution in [0.4, 0.5) is 4.79 Å². The molecule has 3 aliphatic heterocycles. The Kier molecular flexibility index (Phi) is 12.7. The molecule has 1 aromatic rings. The van der Waals surface area contributed by atoms with Gasteiger partial charge in [0.15, 0.2) is 17.5 Å².